The summed E-state index contributed by atoms with van der Waals surface area (Å²) in [6, 6.07) is 22.9. The Morgan fingerprint density at radius 3 is 1.04 bits per heavy atom. The monoisotopic (exact) mass is 394 g/mol. The molecule has 7 heteroatoms. The second kappa shape index (κ2) is 9.44. The zero-order chi connectivity index (χ0) is 19.8. The molecule has 6 nitrogen and oxygen atoms in total. The molecule has 3 aromatic carbocycles. The Morgan fingerprint density at radius 1 is 0.429 bits per heavy atom. The summed E-state index contributed by atoms with van der Waals surface area (Å²) in [5.74, 6) is -0.0927. The molecule has 28 heavy (non-hydrogen) atoms. The van der Waals surface area contributed by atoms with Gasteiger partial charge in [-0.25, -0.2) is 0 Å². The van der Waals surface area contributed by atoms with Gasteiger partial charge < -0.3 is 13.6 Å². The molecule has 0 aliphatic carbocycles. The largest absolute Gasteiger partial charge is 0.530 e. The highest BCUT2D eigenvalue weighted by Gasteiger charge is 2.22. The van der Waals surface area contributed by atoms with Crippen molar-refractivity contribution in [1.29, 1.82) is 0 Å². The third-order valence-corrected chi connectivity index (χ3v) is 4.44. The molecule has 0 saturated heterocycles. The molecule has 0 aromatic heterocycles. The molecule has 0 atom stereocenters. The minimum absolute atomic E-state index is 0.0309. The van der Waals surface area contributed by atoms with Crippen LogP contribution in [0.2, 0.25) is 0 Å². The van der Waals surface area contributed by atoms with Gasteiger partial charge in [-0.2, -0.15) is 0 Å². The van der Waals surface area contributed by atoms with Gasteiger partial charge in [-0.15, -0.1) is 0 Å². The standard InChI is InChI=1S/C21H15O6P/c22-16-10-4-1-7-13-19(16)25-28(26-20-14-8-2-5-11-17(20)23)27-21-15-9-3-6-12-18(21)24/h1-15H. The van der Waals surface area contributed by atoms with Gasteiger partial charge in [-0.3, -0.25) is 14.4 Å². The van der Waals surface area contributed by atoms with Crippen molar-refractivity contribution in [3.63, 3.8) is 0 Å². The highest BCUT2D eigenvalue weighted by Crippen LogP contribution is 2.39. The molecule has 0 spiro atoms. The summed E-state index contributed by atoms with van der Waals surface area (Å²) in [5, 5.41) is 0. The van der Waals surface area contributed by atoms with Crippen molar-refractivity contribution in [1.82, 2.24) is 0 Å². The summed E-state index contributed by atoms with van der Waals surface area (Å²) < 4.78 is 16.8. The van der Waals surface area contributed by atoms with Crippen molar-refractivity contribution in [3.05, 3.63) is 122 Å². The molecule has 0 saturated carbocycles. The van der Waals surface area contributed by atoms with Crippen LogP contribution in [0.25, 0.3) is 0 Å². The third kappa shape index (κ3) is 5.25. The Labute approximate surface area is 161 Å². The van der Waals surface area contributed by atoms with Crippen LogP contribution in [-0.4, -0.2) is 0 Å². The molecule has 0 fully saturated rings. The van der Waals surface area contributed by atoms with E-state index >= 15 is 0 Å². The van der Waals surface area contributed by atoms with Crippen LogP contribution in [0.1, 0.15) is 0 Å². The van der Waals surface area contributed by atoms with Gasteiger partial charge in [0.15, 0.2) is 17.2 Å². The van der Waals surface area contributed by atoms with Crippen molar-refractivity contribution in [2.45, 2.75) is 0 Å². The minimum atomic E-state index is -2.32. The first-order chi connectivity index (χ1) is 13.6. The third-order valence-electron chi connectivity index (χ3n) is 3.40. The van der Waals surface area contributed by atoms with Crippen LogP contribution in [-0.2, 0) is 0 Å². The Balaban J connectivity index is 1.98. The van der Waals surface area contributed by atoms with E-state index in [1.807, 2.05) is 0 Å². The Bertz CT molecular complexity index is 991. The zero-order valence-corrected chi connectivity index (χ0v) is 15.5. The quantitative estimate of drug-likeness (QED) is 0.595. The number of hydrogen-bond acceptors (Lipinski definition) is 6. The van der Waals surface area contributed by atoms with Gasteiger partial charge in [0.25, 0.3) is 0 Å². The maximum absolute atomic E-state index is 12.1. The Morgan fingerprint density at radius 2 is 0.714 bits per heavy atom. The van der Waals surface area contributed by atoms with Crippen molar-refractivity contribution in [3.8, 4) is 17.2 Å². The van der Waals surface area contributed by atoms with E-state index in [0.29, 0.717) is 0 Å². The molecule has 0 aliphatic rings. The van der Waals surface area contributed by atoms with E-state index in [1.165, 1.54) is 36.4 Å². The highest BCUT2D eigenvalue weighted by molar-refractivity contribution is 7.43. The molecular formula is C21H15O6P. The van der Waals surface area contributed by atoms with Crippen LogP contribution < -0.4 is 29.9 Å². The van der Waals surface area contributed by atoms with E-state index in [4.69, 9.17) is 13.6 Å². The molecule has 0 amide bonds. The minimum Gasteiger partial charge on any atom is -0.404 e. The smallest absolute Gasteiger partial charge is 0.404 e. The zero-order valence-electron chi connectivity index (χ0n) is 14.6. The van der Waals surface area contributed by atoms with E-state index in [2.05, 4.69) is 0 Å². The molecule has 0 aliphatic heterocycles. The van der Waals surface area contributed by atoms with Crippen LogP contribution in [0, 0.1) is 0 Å². The molecule has 140 valence electrons. The first kappa shape index (κ1) is 19.3. The maximum Gasteiger partial charge on any atom is 0.530 e. The number of hydrogen-bond donors (Lipinski definition) is 0. The molecule has 0 heterocycles. The summed E-state index contributed by atoms with van der Waals surface area (Å²) in [6.07, 6.45) is 0. The molecule has 0 N–H and O–H groups in total. The van der Waals surface area contributed by atoms with Crippen LogP contribution >= 0.6 is 8.60 Å². The van der Waals surface area contributed by atoms with Crippen molar-refractivity contribution >= 4 is 8.60 Å². The fourth-order valence-corrected chi connectivity index (χ4v) is 3.11. The summed E-state index contributed by atoms with van der Waals surface area (Å²) in [4.78, 5) is 36.4. The van der Waals surface area contributed by atoms with Gasteiger partial charge in [-0.05, 0) is 36.4 Å². The lowest BCUT2D eigenvalue weighted by Crippen LogP contribution is -2.12. The van der Waals surface area contributed by atoms with Crippen LogP contribution in [0.4, 0.5) is 0 Å². The topological polar surface area (TPSA) is 78.9 Å². The molecule has 3 aromatic rings. The summed E-state index contributed by atoms with van der Waals surface area (Å²) in [6.45, 7) is 0. The first-order valence-electron chi connectivity index (χ1n) is 8.25. The molecular weight excluding hydrogens is 379 g/mol. The van der Waals surface area contributed by atoms with Gasteiger partial charge in [0, 0.05) is 0 Å². The first-order valence-corrected chi connectivity index (χ1v) is 9.35. The maximum atomic E-state index is 12.1. The lowest BCUT2D eigenvalue weighted by Gasteiger charge is -2.15. The Kier molecular flexibility index (Phi) is 6.50. The lowest BCUT2D eigenvalue weighted by atomic mass is 10.5. The average molecular weight is 394 g/mol. The fourth-order valence-electron chi connectivity index (χ4n) is 2.07. The normalized spacial score (nSPS) is 10.2. The van der Waals surface area contributed by atoms with Gasteiger partial charge in [0.05, 0.1) is 0 Å². The average Bonchev–Trinajstić information content (AvgIpc) is 3.09. The van der Waals surface area contributed by atoms with Crippen LogP contribution in [0.3, 0.4) is 0 Å². The van der Waals surface area contributed by atoms with E-state index in [1.54, 1.807) is 54.6 Å². The van der Waals surface area contributed by atoms with Gasteiger partial charge in [0.2, 0.25) is 16.3 Å². The molecule has 0 unspecified atom stereocenters. The van der Waals surface area contributed by atoms with Gasteiger partial charge in [-0.1, -0.05) is 54.6 Å². The van der Waals surface area contributed by atoms with Crippen LogP contribution in [0.15, 0.2) is 105 Å². The predicted octanol–water partition coefficient (Wildman–Crippen LogP) is 3.53. The summed E-state index contributed by atoms with van der Waals surface area (Å²) in [5.41, 5.74) is -1.19. The molecule has 3 rings (SSSR count). The second-order valence-electron chi connectivity index (χ2n) is 5.42. The van der Waals surface area contributed by atoms with Crippen molar-refractivity contribution in [2.75, 3.05) is 0 Å². The van der Waals surface area contributed by atoms with E-state index in [0.717, 1.165) is 0 Å². The summed E-state index contributed by atoms with van der Waals surface area (Å²) in [7, 11) is -2.32. The van der Waals surface area contributed by atoms with E-state index < -0.39 is 24.9 Å². The van der Waals surface area contributed by atoms with Crippen molar-refractivity contribution < 1.29 is 13.6 Å². The van der Waals surface area contributed by atoms with Crippen LogP contribution in [0.5, 0.6) is 17.2 Å². The SMILES string of the molecule is O=c1cccccc1OP(Oc1cccccc1=O)Oc1cccccc1=O. The summed E-state index contributed by atoms with van der Waals surface area (Å²) >= 11 is 0. The van der Waals surface area contributed by atoms with Gasteiger partial charge in [0.1, 0.15) is 0 Å². The number of rotatable bonds is 6. The predicted molar refractivity (Wildman–Crippen MR) is 107 cm³/mol. The van der Waals surface area contributed by atoms with E-state index in [9.17, 15) is 14.4 Å². The van der Waals surface area contributed by atoms with Crippen molar-refractivity contribution in [2.24, 2.45) is 0 Å². The molecule has 0 radical (unpaired) electrons. The lowest BCUT2D eigenvalue weighted by molar-refractivity contribution is 0.384. The fraction of sp³-hybridized carbons (Fsp3) is 0. The highest BCUT2D eigenvalue weighted by atomic mass is 31.2. The Hall–Kier alpha value is -3.50. The van der Waals surface area contributed by atoms with E-state index in [-0.39, 0.29) is 17.2 Å². The van der Waals surface area contributed by atoms with Gasteiger partial charge >= 0.3 is 8.60 Å². The second-order valence-corrected chi connectivity index (χ2v) is 6.41. The molecule has 0 bridgehead atoms.